The van der Waals surface area contributed by atoms with Crippen molar-refractivity contribution in [3.63, 3.8) is 0 Å². The van der Waals surface area contributed by atoms with Crippen molar-refractivity contribution in [1.82, 2.24) is 10.2 Å². The van der Waals surface area contributed by atoms with Crippen molar-refractivity contribution in [2.45, 2.75) is 19.4 Å². The zero-order chi connectivity index (χ0) is 13.2. The molecule has 0 aromatic heterocycles. The lowest BCUT2D eigenvalue weighted by atomic mass is 10.0. The van der Waals surface area contributed by atoms with Crippen molar-refractivity contribution in [3.05, 3.63) is 0 Å². The molecule has 0 bridgehead atoms. The fraction of sp³-hybridized carbons (Fsp3) is 0.556. The van der Waals surface area contributed by atoms with Crippen molar-refractivity contribution in [2.24, 2.45) is 0 Å². The predicted octanol–water partition coefficient (Wildman–Crippen LogP) is 0.342. The first kappa shape index (κ1) is 14.0. The molecule has 0 aromatic carbocycles. The van der Waals surface area contributed by atoms with Crippen LogP contribution in [-0.2, 0) is 14.4 Å². The molecule has 1 rings (SSSR count). The highest BCUT2D eigenvalue weighted by molar-refractivity contribution is 8.13. The zero-order valence-electron chi connectivity index (χ0n) is 9.28. The van der Waals surface area contributed by atoms with E-state index in [1.807, 2.05) is 5.32 Å². The molecule has 6 nitrogen and oxygen atoms in total. The van der Waals surface area contributed by atoms with Gasteiger partial charge in [-0.2, -0.15) is 0 Å². The van der Waals surface area contributed by atoms with Crippen molar-refractivity contribution in [3.8, 4) is 0 Å². The number of carbonyl (C=O) groups excluding carboxylic acids is 4. The van der Waals surface area contributed by atoms with Gasteiger partial charge in [-0.3, -0.25) is 19.7 Å². The van der Waals surface area contributed by atoms with Crippen molar-refractivity contribution in [2.75, 3.05) is 11.6 Å². The Morgan fingerprint density at radius 3 is 2.41 bits per heavy atom. The number of nitrogens with one attached hydrogen (secondary N) is 1. The molecule has 0 aromatic rings. The highest BCUT2D eigenvalue weighted by atomic mass is 35.5. The maximum Gasteiger partial charge on any atom is 0.331 e. The van der Waals surface area contributed by atoms with Crippen LogP contribution >= 0.6 is 23.4 Å². The molecule has 0 saturated carbocycles. The Labute approximate surface area is 107 Å². The highest BCUT2D eigenvalue weighted by Gasteiger charge is 2.54. The molecule has 0 aliphatic carbocycles. The number of nitrogens with zero attached hydrogens (tertiary/aromatic N) is 1. The van der Waals surface area contributed by atoms with E-state index in [2.05, 4.69) is 0 Å². The van der Waals surface area contributed by atoms with Gasteiger partial charge in [0.1, 0.15) is 0 Å². The smallest absolute Gasteiger partial charge is 0.288 e. The largest absolute Gasteiger partial charge is 0.331 e. The van der Waals surface area contributed by atoms with E-state index in [-0.39, 0.29) is 16.7 Å². The van der Waals surface area contributed by atoms with E-state index in [4.69, 9.17) is 11.6 Å². The van der Waals surface area contributed by atoms with Gasteiger partial charge in [-0.25, -0.2) is 9.69 Å². The van der Waals surface area contributed by atoms with Gasteiger partial charge in [0.05, 0.1) is 5.88 Å². The van der Waals surface area contributed by atoms with Crippen LogP contribution in [0.1, 0.15) is 13.8 Å². The lowest BCUT2D eigenvalue weighted by Crippen LogP contribution is -2.55. The first-order valence-corrected chi connectivity index (χ1v) is 6.22. The number of thioether (sulfide) groups is 1. The van der Waals surface area contributed by atoms with Crippen molar-refractivity contribution < 1.29 is 19.2 Å². The molecule has 1 fully saturated rings. The average Bonchev–Trinajstić information content (AvgIpc) is 2.47. The summed E-state index contributed by atoms with van der Waals surface area (Å²) in [6.45, 7) is 2.50. The molecular formula is C9H11ClN2O4S. The van der Waals surface area contributed by atoms with Crippen LogP contribution in [-0.4, -0.2) is 45.0 Å². The molecule has 8 heteroatoms. The second-order valence-corrected chi connectivity index (χ2v) is 4.98. The van der Waals surface area contributed by atoms with E-state index >= 15 is 0 Å². The SMILES string of the molecule is CC(=O)SCC1(CCl)C(=O)NC(=O)N1C(C)=O. The second kappa shape index (κ2) is 5.05. The summed E-state index contributed by atoms with van der Waals surface area (Å²) in [6, 6.07) is -0.799. The Kier molecular flexibility index (Phi) is 4.16. The molecule has 1 N–H and O–H groups in total. The molecular weight excluding hydrogens is 268 g/mol. The van der Waals surface area contributed by atoms with Crippen LogP contribution in [0.2, 0.25) is 0 Å². The van der Waals surface area contributed by atoms with Gasteiger partial charge >= 0.3 is 6.03 Å². The van der Waals surface area contributed by atoms with Gasteiger partial charge in [0, 0.05) is 19.6 Å². The number of halogens is 1. The quantitative estimate of drug-likeness (QED) is 0.595. The molecule has 1 atom stereocenters. The Bertz CT molecular complexity index is 400. The van der Waals surface area contributed by atoms with Crippen LogP contribution in [0.4, 0.5) is 4.79 Å². The van der Waals surface area contributed by atoms with Gasteiger partial charge in [-0.1, -0.05) is 11.8 Å². The normalized spacial score (nSPS) is 23.8. The summed E-state index contributed by atoms with van der Waals surface area (Å²) in [5, 5.41) is 1.81. The Balaban J connectivity index is 3.07. The third-order valence-corrected chi connectivity index (χ3v) is 3.79. The van der Waals surface area contributed by atoms with Crippen LogP contribution in [0.15, 0.2) is 0 Å². The Morgan fingerprint density at radius 1 is 1.41 bits per heavy atom. The molecule has 1 aliphatic rings. The van der Waals surface area contributed by atoms with E-state index in [1.54, 1.807) is 0 Å². The standard InChI is InChI=1S/C9H11ClN2O4S/c1-5(13)12-8(16)11-7(15)9(12,3-10)4-17-6(2)14/h3-4H2,1-2H3,(H,11,15,16). The molecule has 4 amide bonds. The molecule has 1 aliphatic heterocycles. The first-order valence-electron chi connectivity index (χ1n) is 4.70. The summed E-state index contributed by atoms with van der Waals surface area (Å²) >= 11 is 6.56. The van der Waals surface area contributed by atoms with Gasteiger partial charge in [-0.05, 0) is 0 Å². The third kappa shape index (κ3) is 2.44. The van der Waals surface area contributed by atoms with Gasteiger partial charge in [-0.15, -0.1) is 11.6 Å². The monoisotopic (exact) mass is 278 g/mol. The van der Waals surface area contributed by atoms with Gasteiger partial charge < -0.3 is 0 Å². The van der Waals surface area contributed by atoms with E-state index < -0.39 is 23.4 Å². The summed E-state index contributed by atoms with van der Waals surface area (Å²) in [4.78, 5) is 46.3. The average molecular weight is 279 g/mol. The van der Waals surface area contributed by atoms with Crippen LogP contribution in [0, 0.1) is 0 Å². The lowest BCUT2D eigenvalue weighted by Gasteiger charge is -2.30. The molecule has 94 valence electrons. The van der Waals surface area contributed by atoms with Gasteiger partial charge in [0.25, 0.3) is 5.91 Å². The summed E-state index contributed by atoms with van der Waals surface area (Å²) in [5.74, 6) is -1.52. The second-order valence-electron chi connectivity index (χ2n) is 3.56. The number of hydrogen-bond acceptors (Lipinski definition) is 5. The van der Waals surface area contributed by atoms with Crippen LogP contribution in [0.25, 0.3) is 0 Å². The Hall–Kier alpha value is -1.08. The fourth-order valence-corrected chi connectivity index (χ4v) is 2.77. The number of urea groups is 1. The van der Waals surface area contributed by atoms with Crippen molar-refractivity contribution >= 4 is 46.3 Å². The number of rotatable bonds is 3. The first-order chi connectivity index (χ1) is 7.85. The van der Waals surface area contributed by atoms with Crippen LogP contribution in [0.5, 0.6) is 0 Å². The van der Waals surface area contributed by atoms with E-state index in [0.717, 1.165) is 23.6 Å². The third-order valence-electron chi connectivity index (χ3n) is 2.32. The number of amides is 4. The maximum absolute atomic E-state index is 11.7. The number of hydrogen-bond donors (Lipinski definition) is 1. The molecule has 1 heterocycles. The summed E-state index contributed by atoms with van der Waals surface area (Å²) < 4.78 is 0. The van der Waals surface area contributed by atoms with E-state index in [1.165, 1.54) is 6.92 Å². The zero-order valence-corrected chi connectivity index (χ0v) is 10.9. The lowest BCUT2D eigenvalue weighted by molar-refractivity contribution is -0.135. The topological polar surface area (TPSA) is 83.6 Å². The van der Waals surface area contributed by atoms with Gasteiger partial charge in [0.2, 0.25) is 5.91 Å². The molecule has 17 heavy (non-hydrogen) atoms. The molecule has 1 saturated heterocycles. The number of carbonyl (C=O) groups is 4. The van der Waals surface area contributed by atoms with Gasteiger partial charge in [0.15, 0.2) is 10.7 Å². The van der Waals surface area contributed by atoms with E-state index in [0.29, 0.717) is 0 Å². The summed E-state index contributed by atoms with van der Waals surface area (Å²) in [6.07, 6.45) is 0. The minimum Gasteiger partial charge on any atom is -0.288 e. The number of imide groups is 2. The Morgan fingerprint density at radius 2 is 2.00 bits per heavy atom. The van der Waals surface area contributed by atoms with Crippen LogP contribution < -0.4 is 5.32 Å². The van der Waals surface area contributed by atoms with E-state index in [9.17, 15) is 19.2 Å². The molecule has 1 unspecified atom stereocenters. The van der Waals surface area contributed by atoms with Crippen LogP contribution in [0.3, 0.4) is 0 Å². The summed E-state index contributed by atoms with van der Waals surface area (Å²) in [7, 11) is 0. The predicted molar refractivity (Wildman–Crippen MR) is 62.6 cm³/mol. The molecule has 0 radical (unpaired) electrons. The van der Waals surface area contributed by atoms with Crippen molar-refractivity contribution in [1.29, 1.82) is 0 Å². The maximum atomic E-state index is 11.7. The number of alkyl halides is 1. The summed E-state index contributed by atoms with van der Waals surface area (Å²) in [5.41, 5.74) is -1.47. The fourth-order valence-electron chi connectivity index (χ4n) is 1.52. The minimum absolute atomic E-state index is 0.0387. The molecule has 0 spiro atoms. The highest BCUT2D eigenvalue weighted by Crippen LogP contribution is 2.28. The minimum atomic E-state index is -1.47.